The highest BCUT2D eigenvalue weighted by molar-refractivity contribution is 5.13. The van der Waals surface area contributed by atoms with Crippen LogP contribution in [0.4, 0.5) is 0 Å². The summed E-state index contributed by atoms with van der Waals surface area (Å²) < 4.78 is 0. The standard InChI is InChI=1S/C13H21N3/c1-9(2)12-8-10(3)15-13(16-12)6-7-14-11-4-5-11/h8-9,11,14H,4-7H2,1-3H3. The molecule has 1 N–H and O–H groups in total. The third kappa shape index (κ3) is 3.27. The van der Waals surface area contributed by atoms with Crippen molar-refractivity contribution >= 4 is 0 Å². The van der Waals surface area contributed by atoms with Gasteiger partial charge >= 0.3 is 0 Å². The normalized spacial score (nSPS) is 15.8. The molecule has 16 heavy (non-hydrogen) atoms. The molecule has 1 aromatic heterocycles. The quantitative estimate of drug-likeness (QED) is 0.825. The summed E-state index contributed by atoms with van der Waals surface area (Å²) in [5.74, 6) is 1.47. The van der Waals surface area contributed by atoms with Gasteiger partial charge in [-0.2, -0.15) is 0 Å². The van der Waals surface area contributed by atoms with Crippen LogP contribution in [0.3, 0.4) is 0 Å². The van der Waals surface area contributed by atoms with Crippen molar-refractivity contribution in [1.29, 1.82) is 0 Å². The van der Waals surface area contributed by atoms with Crippen LogP contribution < -0.4 is 5.32 Å². The fraction of sp³-hybridized carbons (Fsp3) is 0.692. The average Bonchev–Trinajstić information content (AvgIpc) is 3.01. The second-order valence-electron chi connectivity index (χ2n) is 4.98. The van der Waals surface area contributed by atoms with E-state index in [9.17, 15) is 0 Å². The van der Waals surface area contributed by atoms with Crippen molar-refractivity contribution in [3.63, 3.8) is 0 Å². The Morgan fingerprint density at radius 1 is 1.38 bits per heavy atom. The van der Waals surface area contributed by atoms with Gasteiger partial charge in [-0.1, -0.05) is 13.8 Å². The second kappa shape index (κ2) is 4.91. The third-order valence-corrected chi connectivity index (χ3v) is 2.87. The molecule has 0 saturated heterocycles. The molecule has 1 fully saturated rings. The molecule has 1 heterocycles. The smallest absolute Gasteiger partial charge is 0.130 e. The van der Waals surface area contributed by atoms with E-state index in [1.54, 1.807) is 0 Å². The van der Waals surface area contributed by atoms with Crippen molar-refractivity contribution in [1.82, 2.24) is 15.3 Å². The molecule has 0 atom stereocenters. The van der Waals surface area contributed by atoms with Gasteiger partial charge in [-0.3, -0.25) is 0 Å². The monoisotopic (exact) mass is 219 g/mol. The summed E-state index contributed by atoms with van der Waals surface area (Å²) in [6.45, 7) is 7.40. The first-order valence-electron chi connectivity index (χ1n) is 6.23. The van der Waals surface area contributed by atoms with Gasteiger partial charge in [-0.05, 0) is 31.7 Å². The Kier molecular flexibility index (Phi) is 3.54. The predicted molar refractivity (Wildman–Crippen MR) is 65.6 cm³/mol. The van der Waals surface area contributed by atoms with Gasteiger partial charge in [0.2, 0.25) is 0 Å². The maximum atomic E-state index is 4.60. The molecule has 88 valence electrons. The van der Waals surface area contributed by atoms with Crippen molar-refractivity contribution in [3.05, 3.63) is 23.3 Å². The fourth-order valence-corrected chi connectivity index (χ4v) is 1.74. The van der Waals surface area contributed by atoms with Crippen LogP contribution >= 0.6 is 0 Å². The molecule has 1 aliphatic carbocycles. The van der Waals surface area contributed by atoms with E-state index in [4.69, 9.17) is 0 Å². The summed E-state index contributed by atoms with van der Waals surface area (Å²) >= 11 is 0. The summed E-state index contributed by atoms with van der Waals surface area (Å²) in [7, 11) is 0. The van der Waals surface area contributed by atoms with E-state index in [1.165, 1.54) is 12.8 Å². The molecule has 0 spiro atoms. The van der Waals surface area contributed by atoms with E-state index in [0.29, 0.717) is 5.92 Å². The number of hydrogen-bond acceptors (Lipinski definition) is 3. The minimum atomic E-state index is 0.483. The van der Waals surface area contributed by atoms with Crippen LogP contribution in [0.2, 0.25) is 0 Å². The first kappa shape index (κ1) is 11.5. The molecule has 3 nitrogen and oxygen atoms in total. The van der Waals surface area contributed by atoms with Crippen LogP contribution in [0, 0.1) is 6.92 Å². The molecule has 0 bridgehead atoms. The van der Waals surface area contributed by atoms with Gasteiger partial charge in [0, 0.05) is 30.4 Å². The zero-order valence-electron chi connectivity index (χ0n) is 10.5. The van der Waals surface area contributed by atoms with Gasteiger partial charge in [0.25, 0.3) is 0 Å². The molecular formula is C13H21N3. The van der Waals surface area contributed by atoms with Crippen molar-refractivity contribution in [2.24, 2.45) is 0 Å². The Morgan fingerprint density at radius 3 is 2.75 bits per heavy atom. The van der Waals surface area contributed by atoms with Crippen LogP contribution in [0.5, 0.6) is 0 Å². The van der Waals surface area contributed by atoms with Gasteiger partial charge < -0.3 is 5.32 Å². The summed E-state index contributed by atoms with van der Waals surface area (Å²) in [4.78, 5) is 9.08. The van der Waals surface area contributed by atoms with Crippen LogP contribution in [0.25, 0.3) is 0 Å². The Morgan fingerprint density at radius 2 is 2.12 bits per heavy atom. The van der Waals surface area contributed by atoms with Crippen LogP contribution in [-0.2, 0) is 6.42 Å². The molecule has 0 amide bonds. The maximum Gasteiger partial charge on any atom is 0.130 e. The fourth-order valence-electron chi connectivity index (χ4n) is 1.74. The van der Waals surface area contributed by atoms with Crippen molar-refractivity contribution in [3.8, 4) is 0 Å². The molecule has 0 radical (unpaired) electrons. The second-order valence-corrected chi connectivity index (χ2v) is 4.98. The number of nitrogens with zero attached hydrogens (tertiary/aromatic N) is 2. The SMILES string of the molecule is Cc1cc(C(C)C)nc(CCNC2CC2)n1. The molecule has 1 saturated carbocycles. The number of aromatic nitrogens is 2. The third-order valence-electron chi connectivity index (χ3n) is 2.87. The maximum absolute atomic E-state index is 4.60. The highest BCUT2D eigenvalue weighted by atomic mass is 15.0. The van der Waals surface area contributed by atoms with Crippen molar-refractivity contribution in [2.75, 3.05) is 6.54 Å². The lowest BCUT2D eigenvalue weighted by Gasteiger charge is -2.08. The number of nitrogens with one attached hydrogen (secondary N) is 1. The van der Waals surface area contributed by atoms with Gasteiger partial charge in [-0.25, -0.2) is 9.97 Å². The summed E-state index contributed by atoms with van der Waals surface area (Å²) in [6, 6.07) is 2.86. The molecule has 0 aromatic carbocycles. The number of aryl methyl sites for hydroxylation is 1. The van der Waals surface area contributed by atoms with E-state index in [-0.39, 0.29) is 0 Å². The largest absolute Gasteiger partial charge is 0.314 e. The summed E-state index contributed by atoms with van der Waals surface area (Å²) in [5.41, 5.74) is 2.24. The molecule has 0 aliphatic heterocycles. The first-order chi connectivity index (χ1) is 7.65. The van der Waals surface area contributed by atoms with E-state index < -0.39 is 0 Å². The number of hydrogen-bond donors (Lipinski definition) is 1. The molecule has 3 heteroatoms. The van der Waals surface area contributed by atoms with Gasteiger partial charge in [0.15, 0.2) is 0 Å². The highest BCUT2D eigenvalue weighted by Gasteiger charge is 2.19. The lowest BCUT2D eigenvalue weighted by molar-refractivity contribution is 0.658. The average molecular weight is 219 g/mol. The van der Waals surface area contributed by atoms with E-state index in [0.717, 1.165) is 36.2 Å². The number of rotatable bonds is 5. The van der Waals surface area contributed by atoms with Crippen LogP contribution in [0.1, 0.15) is 49.8 Å². The Bertz CT molecular complexity index is 356. The van der Waals surface area contributed by atoms with E-state index in [2.05, 4.69) is 35.2 Å². The Balaban J connectivity index is 1.95. The molecule has 1 aliphatic rings. The minimum absolute atomic E-state index is 0.483. The van der Waals surface area contributed by atoms with Gasteiger partial charge in [-0.15, -0.1) is 0 Å². The molecular weight excluding hydrogens is 198 g/mol. The van der Waals surface area contributed by atoms with Gasteiger partial charge in [0.1, 0.15) is 5.82 Å². The minimum Gasteiger partial charge on any atom is -0.314 e. The highest BCUT2D eigenvalue weighted by Crippen LogP contribution is 2.18. The van der Waals surface area contributed by atoms with Crippen LogP contribution in [-0.4, -0.2) is 22.6 Å². The Labute approximate surface area is 97.7 Å². The lowest BCUT2D eigenvalue weighted by atomic mass is 10.1. The van der Waals surface area contributed by atoms with Gasteiger partial charge in [0.05, 0.1) is 0 Å². The Hall–Kier alpha value is -0.960. The molecule has 1 aromatic rings. The lowest BCUT2D eigenvalue weighted by Crippen LogP contribution is -2.20. The van der Waals surface area contributed by atoms with Crippen molar-refractivity contribution in [2.45, 2.75) is 52.0 Å². The van der Waals surface area contributed by atoms with E-state index >= 15 is 0 Å². The zero-order valence-corrected chi connectivity index (χ0v) is 10.5. The zero-order chi connectivity index (χ0) is 11.5. The van der Waals surface area contributed by atoms with Crippen molar-refractivity contribution < 1.29 is 0 Å². The molecule has 2 rings (SSSR count). The molecule has 0 unspecified atom stereocenters. The first-order valence-corrected chi connectivity index (χ1v) is 6.23. The summed E-state index contributed by atoms with van der Waals surface area (Å²) in [5, 5.41) is 3.49. The summed E-state index contributed by atoms with van der Waals surface area (Å²) in [6.07, 6.45) is 3.62. The predicted octanol–water partition coefficient (Wildman–Crippen LogP) is 2.20. The topological polar surface area (TPSA) is 37.8 Å². The van der Waals surface area contributed by atoms with Crippen LogP contribution in [0.15, 0.2) is 6.07 Å². The van der Waals surface area contributed by atoms with E-state index in [1.807, 2.05) is 6.92 Å².